The number of aryl methyl sites for hydroxylation is 1. The smallest absolute Gasteiger partial charge is 0.389 e. The van der Waals surface area contributed by atoms with E-state index in [0.29, 0.717) is 37.9 Å². The van der Waals surface area contributed by atoms with Crippen molar-refractivity contribution in [1.82, 2.24) is 4.90 Å². The van der Waals surface area contributed by atoms with Crippen molar-refractivity contribution in [2.45, 2.75) is 63.2 Å². The lowest BCUT2D eigenvalue weighted by Gasteiger charge is -2.44. The molecular formula is C25H29F3N4O2. The van der Waals surface area contributed by atoms with Crippen molar-refractivity contribution in [1.29, 1.82) is 0 Å². The van der Waals surface area contributed by atoms with E-state index in [1.54, 1.807) is 12.1 Å². The van der Waals surface area contributed by atoms with Gasteiger partial charge in [0.1, 0.15) is 0 Å². The van der Waals surface area contributed by atoms with E-state index in [4.69, 9.17) is 5.53 Å². The lowest BCUT2D eigenvalue weighted by molar-refractivity contribution is -0.141. The van der Waals surface area contributed by atoms with Gasteiger partial charge in [0.25, 0.3) is 0 Å². The van der Waals surface area contributed by atoms with E-state index in [-0.39, 0.29) is 30.8 Å². The minimum Gasteiger partial charge on any atom is -0.481 e. The molecule has 0 spiro atoms. The van der Waals surface area contributed by atoms with E-state index >= 15 is 0 Å². The third-order valence-corrected chi connectivity index (χ3v) is 6.49. The predicted octanol–water partition coefficient (Wildman–Crippen LogP) is 7.20. The number of carboxylic acid groups (broad SMARTS) is 1. The Hall–Kier alpha value is -3.03. The first-order valence-electron chi connectivity index (χ1n) is 11.5. The fourth-order valence-electron chi connectivity index (χ4n) is 4.85. The fraction of sp³-hybridized carbons (Fsp3) is 0.480. The maximum absolute atomic E-state index is 13.2. The highest BCUT2D eigenvalue weighted by Crippen LogP contribution is 2.40. The zero-order valence-electron chi connectivity index (χ0n) is 18.9. The minimum absolute atomic E-state index is 0.00671. The Balaban J connectivity index is 1.86. The molecule has 0 unspecified atom stereocenters. The number of carbonyl (C=O) groups is 1. The molecular weight excluding hydrogens is 445 g/mol. The molecule has 3 atom stereocenters. The molecule has 1 N–H and O–H groups in total. The number of benzene rings is 2. The van der Waals surface area contributed by atoms with E-state index in [1.165, 1.54) is 0 Å². The van der Waals surface area contributed by atoms with Crippen LogP contribution in [0.15, 0.2) is 59.7 Å². The van der Waals surface area contributed by atoms with Crippen LogP contribution < -0.4 is 0 Å². The Labute approximate surface area is 197 Å². The molecule has 0 radical (unpaired) electrons. The predicted molar refractivity (Wildman–Crippen MR) is 124 cm³/mol. The largest absolute Gasteiger partial charge is 0.481 e. The highest BCUT2D eigenvalue weighted by molar-refractivity contribution is 5.67. The second kappa shape index (κ2) is 11.9. The summed E-state index contributed by atoms with van der Waals surface area (Å²) in [6.45, 7) is 0.540. The third kappa shape index (κ3) is 7.78. The number of alkyl halides is 3. The molecule has 6 nitrogen and oxygen atoms in total. The summed E-state index contributed by atoms with van der Waals surface area (Å²) in [7, 11) is 0. The first-order chi connectivity index (χ1) is 16.2. The van der Waals surface area contributed by atoms with Gasteiger partial charge in [-0.25, -0.2) is 0 Å². The standard InChI is InChI=1S/C25H29F3N4O2/c26-25(27,28)14-12-22(11-6-18-4-2-1-3-5-18)32-15-13-19(17-24(33)34)16-23(32)20-7-9-21(10-8-20)30-31-29/h1-5,7-10,19,22-23H,6,11-17H2,(H,33,34)/t19-,22-,23+/m1/s1. The van der Waals surface area contributed by atoms with E-state index < -0.39 is 18.6 Å². The molecule has 1 saturated heterocycles. The molecule has 9 heteroatoms. The molecule has 2 aromatic rings. The number of azide groups is 1. The van der Waals surface area contributed by atoms with Gasteiger partial charge in [-0.2, -0.15) is 13.2 Å². The average molecular weight is 475 g/mol. The van der Waals surface area contributed by atoms with Crippen molar-refractivity contribution in [3.05, 3.63) is 76.2 Å². The molecule has 0 amide bonds. The Morgan fingerprint density at radius 3 is 2.47 bits per heavy atom. The number of hydrogen-bond acceptors (Lipinski definition) is 3. The molecule has 0 bridgehead atoms. The summed E-state index contributed by atoms with van der Waals surface area (Å²) in [5.74, 6) is -0.915. The number of rotatable bonds is 10. The molecule has 3 rings (SSSR count). The molecule has 182 valence electrons. The van der Waals surface area contributed by atoms with Crippen LogP contribution in [-0.4, -0.2) is 34.7 Å². The Morgan fingerprint density at radius 2 is 1.85 bits per heavy atom. The zero-order valence-corrected chi connectivity index (χ0v) is 18.9. The summed E-state index contributed by atoms with van der Waals surface area (Å²) in [6, 6.07) is 16.2. The number of likely N-dealkylation sites (tertiary alicyclic amines) is 1. The molecule has 1 aliphatic rings. The van der Waals surface area contributed by atoms with E-state index in [1.807, 2.05) is 42.5 Å². The van der Waals surface area contributed by atoms with Gasteiger partial charge in [0.2, 0.25) is 0 Å². The second-order valence-corrected chi connectivity index (χ2v) is 8.85. The fourth-order valence-corrected chi connectivity index (χ4v) is 4.85. The van der Waals surface area contributed by atoms with Gasteiger partial charge < -0.3 is 5.11 Å². The van der Waals surface area contributed by atoms with Gasteiger partial charge >= 0.3 is 12.1 Å². The maximum Gasteiger partial charge on any atom is 0.389 e. The van der Waals surface area contributed by atoms with Crippen molar-refractivity contribution in [2.24, 2.45) is 11.0 Å². The highest BCUT2D eigenvalue weighted by atomic mass is 19.4. The summed E-state index contributed by atoms with van der Waals surface area (Å²) < 4.78 is 39.5. The molecule has 1 aliphatic heterocycles. The highest BCUT2D eigenvalue weighted by Gasteiger charge is 2.36. The molecule has 1 fully saturated rings. The van der Waals surface area contributed by atoms with E-state index in [0.717, 1.165) is 11.1 Å². The molecule has 0 aliphatic carbocycles. The SMILES string of the molecule is [N-]=[N+]=Nc1ccc([C@@H]2C[C@H](CC(=O)O)CCN2[C@H](CCc2ccccc2)CCC(F)(F)F)cc1. The van der Waals surface area contributed by atoms with Crippen molar-refractivity contribution in [2.75, 3.05) is 6.54 Å². The van der Waals surface area contributed by atoms with Crippen LogP contribution in [0.5, 0.6) is 0 Å². The first-order valence-corrected chi connectivity index (χ1v) is 11.5. The van der Waals surface area contributed by atoms with E-state index in [9.17, 15) is 23.1 Å². The van der Waals surface area contributed by atoms with Crippen LogP contribution in [0.3, 0.4) is 0 Å². The molecule has 1 heterocycles. The van der Waals surface area contributed by atoms with Gasteiger partial charge in [0, 0.05) is 35.5 Å². The number of carboxylic acids is 1. The number of hydrogen-bond donors (Lipinski definition) is 1. The average Bonchev–Trinajstić information content (AvgIpc) is 2.80. The van der Waals surface area contributed by atoms with Gasteiger partial charge in [0.05, 0.1) is 0 Å². The summed E-state index contributed by atoms with van der Waals surface area (Å²) in [5.41, 5.74) is 11.1. The number of aliphatic carboxylic acids is 1. The molecule has 0 aromatic heterocycles. The molecule has 2 aromatic carbocycles. The van der Waals surface area contributed by atoms with Crippen LogP contribution in [0.1, 0.15) is 55.7 Å². The maximum atomic E-state index is 13.2. The summed E-state index contributed by atoms with van der Waals surface area (Å²) in [4.78, 5) is 16.2. The molecule has 0 saturated carbocycles. The van der Waals surface area contributed by atoms with Crippen LogP contribution in [0.25, 0.3) is 10.4 Å². The number of nitrogens with zero attached hydrogens (tertiary/aromatic N) is 4. The van der Waals surface area contributed by atoms with Gasteiger partial charge in [-0.3, -0.25) is 9.69 Å². The van der Waals surface area contributed by atoms with Crippen molar-refractivity contribution >= 4 is 11.7 Å². The van der Waals surface area contributed by atoms with Crippen LogP contribution >= 0.6 is 0 Å². The summed E-state index contributed by atoms with van der Waals surface area (Å²) in [5, 5.41) is 12.9. The van der Waals surface area contributed by atoms with Crippen LogP contribution in [0.2, 0.25) is 0 Å². The van der Waals surface area contributed by atoms with Gasteiger partial charge in [-0.1, -0.05) is 59.7 Å². The number of piperidine rings is 1. The first kappa shape index (κ1) is 25.6. The Bertz CT molecular complexity index is 976. The zero-order chi connectivity index (χ0) is 24.6. The monoisotopic (exact) mass is 474 g/mol. The lowest BCUT2D eigenvalue weighted by Crippen LogP contribution is -2.44. The van der Waals surface area contributed by atoms with Crippen molar-refractivity contribution < 1.29 is 23.1 Å². The number of halogens is 3. The van der Waals surface area contributed by atoms with E-state index in [2.05, 4.69) is 14.9 Å². The lowest BCUT2D eigenvalue weighted by atomic mass is 9.83. The Kier molecular flexibility index (Phi) is 8.96. The van der Waals surface area contributed by atoms with Crippen LogP contribution in [-0.2, 0) is 11.2 Å². The van der Waals surface area contributed by atoms with Gasteiger partial charge in [-0.05, 0) is 61.2 Å². The Morgan fingerprint density at radius 1 is 1.15 bits per heavy atom. The van der Waals surface area contributed by atoms with Crippen LogP contribution in [0, 0.1) is 5.92 Å². The second-order valence-electron chi connectivity index (χ2n) is 8.85. The third-order valence-electron chi connectivity index (χ3n) is 6.49. The van der Waals surface area contributed by atoms with Crippen molar-refractivity contribution in [3.63, 3.8) is 0 Å². The van der Waals surface area contributed by atoms with Crippen molar-refractivity contribution in [3.8, 4) is 0 Å². The quantitative estimate of drug-likeness (QED) is 0.224. The summed E-state index contributed by atoms with van der Waals surface area (Å²) >= 11 is 0. The van der Waals surface area contributed by atoms with Gasteiger partial charge in [-0.15, -0.1) is 0 Å². The molecule has 34 heavy (non-hydrogen) atoms. The van der Waals surface area contributed by atoms with Gasteiger partial charge in [0.15, 0.2) is 0 Å². The normalized spacial score (nSPS) is 19.9. The van der Waals surface area contributed by atoms with Crippen LogP contribution in [0.4, 0.5) is 18.9 Å². The minimum atomic E-state index is -4.24. The summed E-state index contributed by atoms with van der Waals surface area (Å²) in [6.07, 6.45) is -2.62. The topological polar surface area (TPSA) is 89.3 Å².